The molecule has 4 heteroatoms. The van der Waals surface area contributed by atoms with Gasteiger partial charge in [0, 0.05) is 29.4 Å². The molecule has 2 rings (SSSR count). The van der Waals surface area contributed by atoms with Crippen LogP contribution in [0.15, 0.2) is 23.1 Å². The van der Waals surface area contributed by atoms with Crippen molar-refractivity contribution in [1.29, 1.82) is 0 Å². The molecule has 0 bridgehead atoms. The van der Waals surface area contributed by atoms with Crippen molar-refractivity contribution in [2.75, 3.05) is 19.8 Å². The summed E-state index contributed by atoms with van der Waals surface area (Å²) >= 11 is 1.65. The van der Waals surface area contributed by atoms with Gasteiger partial charge in [-0.1, -0.05) is 13.0 Å². The van der Waals surface area contributed by atoms with E-state index >= 15 is 0 Å². The second kappa shape index (κ2) is 7.27. The Hall–Kier alpha value is -0.580. The first-order valence-electron chi connectivity index (χ1n) is 6.98. The molecule has 1 aliphatic rings. The number of halogens is 1. The number of ether oxygens (including phenoxy) is 1. The number of nitrogens with one attached hydrogen (secondary N) is 1. The number of rotatable bonds is 5. The molecule has 19 heavy (non-hydrogen) atoms. The molecule has 0 spiro atoms. The van der Waals surface area contributed by atoms with Crippen LogP contribution in [0.4, 0.5) is 4.39 Å². The van der Waals surface area contributed by atoms with Crippen LogP contribution in [0, 0.1) is 5.82 Å². The molecule has 0 aromatic heterocycles. The third-order valence-electron chi connectivity index (χ3n) is 3.43. The minimum atomic E-state index is -0.0984. The van der Waals surface area contributed by atoms with Crippen molar-refractivity contribution in [1.82, 2.24) is 5.32 Å². The van der Waals surface area contributed by atoms with E-state index in [9.17, 15) is 4.39 Å². The molecule has 1 aliphatic heterocycles. The van der Waals surface area contributed by atoms with Gasteiger partial charge >= 0.3 is 0 Å². The van der Waals surface area contributed by atoms with E-state index in [2.05, 4.69) is 19.2 Å². The highest BCUT2D eigenvalue weighted by Gasteiger charge is 2.17. The molecule has 1 fully saturated rings. The summed E-state index contributed by atoms with van der Waals surface area (Å²) in [4.78, 5) is 0.763. The summed E-state index contributed by atoms with van der Waals surface area (Å²) in [5.41, 5.74) is 1.01. The van der Waals surface area contributed by atoms with E-state index in [1.165, 1.54) is 0 Å². The van der Waals surface area contributed by atoms with Gasteiger partial charge in [-0.15, -0.1) is 11.8 Å². The van der Waals surface area contributed by atoms with E-state index < -0.39 is 0 Å². The van der Waals surface area contributed by atoms with E-state index in [-0.39, 0.29) is 11.9 Å². The predicted octanol–water partition coefficient (Wildman–Crippen LogP) is 3.77. The lowest BCUT2D eigenvalue weighted by Crippen LogP contribution is -2.18. The van der Waals surface area contributed by atoms with Crippen LogP contribution in [0.5, 0.6) is 0 Å². The van der Waals surface area contributed by atoms with Crippen LogP contribution in [0.2, 0.25) is 0 Å². The molecule has 0 aliphatic carbocycles. The predicted molar refractivity (Wildman–Crippen MR) is 78.2 cm³/mol. The highest BCUT2D eigenvalue weighted by Crippen LogP contribution is 2.32. The molecule has 1 saturated heterocycles. The Labute approximate surface area is 119 Å². The molecule has 0 saturated carbocycles. The van der Waals surface area contributed by atoms with Crippen molar-refractivity contribution in [2.24, 2.45) is 0 Å². The first-order valence-corrected chi connectivity index (χ1v) is 7.86. The highest BCUT2D eigenvalue weighted by molar-refractivity contribution is 8.00. The van der Waals surface area contributed by atoms with Crippen LogP contribution in [-0.4, -0.2) is 25.0 Å². The quantitative estimate of drug-likeness (QED) is 0.889. The zero-order chi connectivity index (χ0) is 13.7. The standard InChI is InChI=1S/C15H22FNOS/c1-3-17-11(2)12-4-5-15(14(16)10-12)19-13-6-8-18-9-7-13/h4-5,10-11,13,17H,3,6-9H2,1-2H3. The number of benzene rings is 1. The van der Waals surface area contributed by atoms with Crippen LogP contribution in [0.25, 0.3) is 0 Å². The topological polar surface area (TPSA) is 21.3 Å². The summed E-state index contributed by atoms with van der Waals surface area (Å²) in [6.45, 7) is 6.61. The smallest absolute Gasteiger partial charge is 0.137 e. The normalized spacial score (nSPS) is 18.5. The summed E-state index contributed by atoms with van der Waals surface area (Å²) < 4.78 is 19.5. The Morgan fingerprint density at radius 1 is 1.42 bits per heavy atom. The van der Waals surface area contributed by atoms with Gasteiger partial charge in [-0.05, 0) is 44.0 Å². The average molecular weight is 283 g/mol. The Kier molecular flexibility index (Phi) is 5.67. The lowest BCUT2D eigenvalue weighted by Gasteiger charge is -2.22. The summed E-state index contributed by atoms with van der Waals surface area (Å²) in [5.74, 6) is -0.0984. The number of hydrogen-bond acceptors (Lipinski definition) is 3. The van der Waals surface area contributed by atoms with Crippen molar-refractivity contribution < 1.29 is 9.13 Å². The van der Waals surface area contributed by atoms with E-state index in [0.717, 1.165) is 43.1 Å². The zero-order valence-electron chi connectivity index (χ0n) is 11.6. The minimum absolute atomic E-state index is 0.0984. The monoisotopic (exact) mass is 283 g/mol. The molecular weight excluding hydrogens is 261 g/mol. The maximum Gasteiger partial charge on any atom is 0.137 e. The first-order chi connectivity index (χ1) is 9.20. The fourth-order valence-electron chi connectivity index (χ4n) is 2.28. The van der Waals surface area contributed by atoms with Crippen LogP contribution in [0.1, 0.15) is 38.3 Å². The van der Waals surface area contributed by atoms with Gasteiger partial charge in [0.1, 0.15) is 5.82 Å². The summed E-state index contributed by atoms with van der Waals surface area (Å²) in [7, 11) is 0. The van der Waals surface area contributed by atoms with Crippen LogP contribution in [-0.2, 0) is 4.74 Å². The minimum Gasteiger partial charge on any atom is -0.381 e. The molecule has 1 unspecified atom stereocenters. The van der Waals surface area contributed by atoms with E-state index in [4.69, 9.17) is 4.74 Å². The van der Waals surface area contributed by atoms with Gasteiger partial charge in [-0.25, -0.2) is 4.39 Å². The van der Waals surface area contributed by atoms with Crippen molar-refractivity contribution in [2.45, 2.75) is 42.9 Å². The molecule has 1 aromatic rings. The van der Waals surface area contributed by atoms with Crippen LogP contribution in [0.3, 0.4) is 0 Å². The second-order valence-corrected chi connectivity index (χ2v) is 6.24. The summed E-state index contributed by atoms with van der Waals surface area (Å²) in [6.07, 6.45) is 2.03. The van der Waals surface area contributed by atoms with Crippen LogP contribution < -0.4 is 5.32 Å². The Morgan fingerprint density at radius 3 is 2.79 bits per heavy atom. The molecule has 106 valence electrons. The lowest BCUT2D eigenvalue weighted by molar-refractivity contribution is 0.1000. The second-order valence-electron chi connectivity index (χ2n) is 4.90. The fourth-order valence-corrected chi connectivity index (χ4v) is 3.38. The Morgan fingerprint density at radius 2 is 2.16 bits per heavy atom. The van der Waals surface area contributed by atoms with E-state index in [1.807, 2.05) is 12.1 Å². The Balaban J connectivity index is 2.01. The summed E-state index contributed by atoms with van der Waals surface area (Å²) in [5, 5.41) is 3.79. The van der Waals surface area contributed by atoms with Gasteiger partial charge in [-0.2, -0.15) is 0 Å². The maximum absolute atomic E-state index is 14.1. The molecule has 2 nitrogen and oxygen atoms in total. The van der Waals surface area contributed by atoms with Crippen molar-refractivity contribution >= 4 is 11.8 Å². The third-order valence-corrected chi connectivity index (χ3v) is 4.82. The molecule has 1 N–H and O–H groups in total. The van der Waals surface area contributed by atoms with Crippen LogP contribution >= 0.6 is 11.8 Å². The molecule has 0 amide bonds. The fraction of sp³-hybridized carbons (Fsp3) is 0.600. The summed E-state index contributed by atoms with van der Waals surface area (Å²) in [6, 6.07) is 5.80. The third kappa shape index (κ3) is 4.20. The van der Waals surface area contributed by atoms with Crippen molar-refractivity contribution in [3.05, 3.63) is 29.6 Å². The Bertz CT molecular complexity index is 407. The molecule has 1 atom stereocenters. The van der Waals surface area contributed by atoms with Crippen molar-refractivity contribution in [3.8, 4) is 0 Å². The maximum atomic E-state index is 14.1. The van der Waals surface area contributed by atoms with Gasteiger partial charge in [0.2, 0.25) is 0 Å². The average Bonchev–Trinajstić information content (AvgIpc) is 2.42. The van der Waals surface area contributed by atoms with Gasteiger partial charge < -0.3 is 10.1 Å². The lowest BCUT2D eigenvalue weighted by atomic mass is 10.1. The molecule has 1 aromatic carbocycles. The SMILES string of the molecule is CCNC(C)c1ccc(SC2CCOCC2)c(F)c1. The first kappa shape index (κ1) is 14.8. The van der Waals surface area contributed by atoms with E-state index in [1.54, 1.807) is 17.8 Å². The van der Waals surface area contributed by atoms with E-state index in [0.29, 0.717) is 5.25 Å². The zero-order valence-corrected chi connectivity index (χ0v) is 12.4. The molecule has 0 radical (unpaired) electrons. The molecular formula is C15H22FNOS. The molecule has 1 heterocycles. The van der Waals surface area contributed by atoms with Gasteiger partial charge in [0.25, 0.3) is 0 Å². The van der Waals surface area contributed by atoms with Gasteiger partial charge in [-0.3, -0.25) is 0 Å². The number of hydrogen-bond donors (Lipinski definition) is 1. The van der Waals surface area contributed by atoms with Gasteiger partial charge in [0.15, 0.2) is 0 Å². The highest BCUT2D eigenvalue weighted by atomic mass is 32.2. The number of thioether (sulfide) groups is 1. The van der Waals surface area contributed by atoms with Gasteiger partial charge in [0.05, 0.1) is 0 Å². The largest absolute Gasteiger partial charge is 0.381 e. The van der Waals surface area contributed by atoms with Crippen molar-refractivity contribution in [3.63, 3.8) is 0 Å².